The number of phenols is 1. The molecule has 142 valence electrons. The molecule has 1 unspecified atom stereocenters. The zero-order valence-corrected chi connectivity index (χ0v) is 15.5. The molecule has 3 rings (SSSR count). The van der Waals surface area contributed by atoms with Crippen molar-refractivity contribution in [2.75, 3.05) is 0 Å². The van der Waals surface area contributed by atoms with Gasteiger partial charge in [-0.15, -0.1) is 6.58 Å². The largest absolute Gasteiger partial charge is 0.507 e. The van der Waals surface area contributed by atoms with E-state index in [2.05, 4.69) is 22.1 Å². The molecule has 2 aromatic carbocycles. The molecular formula is C22H21N3O3. The fourth-order valence-corrected chi connectivity index (χ4v) is 2.71. The number of amides is 1. The van der Waals surface area contributed by atoms with E-state index in [-0.39, 0.29) is 5.75 Å². The topological polar surface area (TPSA) is 83.8 Å². The first-order valence-electron chi connectivity index (χ1n) is 8.85. The molecule has 1 amide bonds. The highest BCUT2D eigenvalue weighted by Gasteiger charge is 2.15. The standard InChI is InChI=1S/C22H21N3O3/c1-3-7-17-9-4-10-18(21(17)26)14-24-25-22(27)15(2)28-19-12-5-8-16-11-6-13-23-20(16)19/h3-6,8-15,26H,1,7H2,2H3,(H,25,27). The number of ether oxygens (including phenoxy) is 1. The Balaban J connectivity index is 1.65. The second-order valence-electron chi connectivity index (χ2n) is 6.17. The summed E-state index contributed by atoms with van der Waals surface area (Å²) >= 11 is 0. The Morgan fingerprint density at radius 3 is 2.89 bits per heavy atom. The van der Waals surface area contributed by atoms with E-state index < -0.39 is 12.0 Å². The molecule has 0 saturated carbocycles. The molecule has 6 nitrogen and oxygen atoms in total. The lowest BCUT2D eigenvalue weighted by atomic mass is 10.1. The van der Waals surface area contributed by atoms with Crippen LogP contribution in [0.4, 0.5) is 0 Å². The third-order valence-corrected chi connectivity index (χ3v) is 4.16. The molecule has 0 aliphatic heterocycles. The summed E-state index contributed by atoms with van der Waals surface area (Å²) in [6.07, 6.45) is 4.55. The lowest BCUT2D eigenvalue weighted by Crippen LogP contribution is -2.33. The van der Waals surface area contributed by atoms with Crippen molar-refractivity contribution in [1.29, 1.82) is 0 Å². The van der Waals surface area contributed by atoms with E-state index in [1.54, 1.807) is 43.5 Å². The van der Waals surface area contributed by atoms with Crippen molar-refractivity contribution >= 4 is 23.0 Å². The number of allylic oxidation sites excluding steroid dienone is 1. The van der Waals surface area contributed by atoms with Crippen LogP contribution in [0.25, 0.3) is 10.9 Å². The molecule has 0 spiro atoms. The second kappa shape index (κ2) is 8.81. The smallest absolute Gasteiger partial charge is 0.280 e. The molecule has 0 saturated heterocycles. The Labute approximate surface area is 163 Å². The summed E-state index contributed by atoms with van der Waals surface area (Å²) in [5.41, 5.74) is 4.37. The highest BCUT2D eigenvalue weighted by molar-refractivity contribution is 5.87. The van der Waals surface area contributed by atoms with Crippen molar-refractivity contribution in [1.82, 2.24) is 10.4 Å². The lowest BCUT2D eigenvalue weighted by Gasteiger charge is -2.14. The monoisotopic (exact) mass is 375 g/mol. The first-order chi connectivity index (χ1) is 13.6. The van der Waals surface area contributed by atoms with Crippen molar-refractivity contribution < 1.29 is 14.6 Å². The number of carbonyl (C=O) groups excluding carboxylic acids is 1. The van der Waals surface area contributed by atoms with Crippen LogP contribution in [0.3, 0.4) is 0 Å². The van der Waals surface area contributed by atoms with Gasteiger partial charge in [-0.3, -0.25) is 9.78 Å². The summed E-state index contributed by atoms with van der Waals surface area (Å²) in [6.45, 7) is 5.30. The van der Waals surface area contributed by atoms with Gasteiger partial charge in [-0.25, -0.2) is 5.43 Å². The molecule has 0 fully saturated rings. The van der Waals surface area contributed by atoms with Crippen molar-refractivity contribution in [2.45, 2.75) is 19.4 Å². The van der Waals surface area contributed by atoms with E-state index in [0.717, 1.165) is 10.9 Å². The van der Waals surface area contributed by atoms with E-state index in [9.17, 15) is 9.90 Å². The van der Waals surface area contributed by atoms with Gasteiger partial charge in [0.1, 0.15) is 17.0 Å². The highest BCUT2D eigenvalue weighted by Crippen LogP contribution is 2.24. The van der Waals surface area contributed by atoms with E-state index >= 15 is 0 Å². The van der Waals surface area contributed by atoms with Gasteiger partial charge in [-0.05, 0) is 37.1 Å². The highest BCUT2D eigenvalue weighted by atomic mass is 16.5. The van der Waals surface area contributed by atoms with Crippen LogP contribution in [0, 0.1) is 0 Å². The van der Waals surface area contributed by atoms with Crippen LogP contribution in [-0.4, -0.2) is 28.3 Å². The van der Waals surface area contributed by atoms with Gasteiger partial charge in [-0.2, -0.15) is 5.10 Å². The number of phenolic OH excluding ortho intramolecular Hbond substituents is 1. The Bertz CT molecular complexity index is 1030. The van der Waals surface area contributed by atoms with Crippen molar-refractivity contribution in [3.05, 3.63) is 78.5 Å². The van der Waals surface area contributed by atoms with Gasteiger partial charge in [0.25, 0.3) is 5.91 Å². The van der Waals surface area contributed by atoms with Crippen LogP contribution < -0.4 is 10.2 Å². The molecule has 6 heteroatoms. The van der Waals surface area contributed by atoms with Gasteiger partial charge in [-0.1, -0.05) is 36.4 Å². The van der Waals surface area contributed by atoms with Gasteiger partial charge >= 0.3 is 0 Å². The average Bonchev–Trinajstić information content (AvgIpc) is 2.71. The van der Waals surface area contributed by atoms with Crippen LogP contribution in [0.1, 0.15) is 18.1 Å². The quantitative estimate of drug-likeness (QED) is 0.376. The van der Waals surface area contributed by atoms with Gasteiger partial charge < -0.3 is 9.84 Å². The molecule has 3 aromatic rings. The SMILES string of the molecule is C=CCc1cccc(C=NNC(=O)C(C)Oc2cccc3cccnc23)c1O. The van der Waals surface area contributed by atoms with E-state index in [1.165, 1.54) is 6.21 Å². The number of fused-ring (bicyclic) bond motifs is 1. The lowest BCUT2D eigenvalue weighted by molar-refractivity contribution is -0.127. The average molecular weight is 375 g/mol. The number of pyridine rings is 1. The summed E-state index contributed by atoms with van der Waals surface area (Å²) in [5, 5.41) is 15.1. The summed E-state index contributed by atoms with van der Waals surface area (Å²) in [5.74, 6) is 0.233. The van der Waals surface area contributed by atoms with Crippen molar-refractivity contribution in [3.8, 4) is 11.5 Å². The minimum atomic E-state index is -0.773. The van der Waals surface area contributed by atoms with Crippen LogP contribution in [-0.2, 0) is 11.2 Å². The number of hydrogen-bond donors (Lipinski definition) is 2. The van der Waals surface area contributed by atoms with Crippen LogP contribution in [0.15, 0.2) is 72.5 Å². The first-order valence-corrected chi connectivity index (χ1v) is 8.85. The molecular weight excluding hydrogens is 354 g/mol. The number of para-hydroxylation sites is 2. The predicted molar refractivity (Wildman–Crippen MR) is 110 cm³/mol. The predicted octanol–water partition coefficient (Wildman–Crippen LogP) is 3.59. The van der Waals surface area contributed by atoms with Gasteiger partial charge in [0.2, 0.25) is 0 Å². The first kappa shape index (κ1) is 19.1. The van der Waals surface area contributed by atoms with Crippen LogP contribution in [0.5, 0.6) is 11.5 Å². The number of nitrogens with zero attached hydrogens (tertiary/aromatic N) is 2. The molecule has 1 aromatic heterocycles. The maximum absolute atomic E-state index is 12.3. The molecule has 1 heterocycles. The van der Waals surface area contributed by atoms with E-state index in [1.807, 2.05) is 24.3 Å². The molecule has 0 aliphatic rings. The summed E-state index contributed by atoms with van der Waals surface area (Å²) < 4.78 is 5.76. The number of aromatic nitrogens is 1. The summed E-state index contributed by atoms with van der Waals surface area (Å²) in [6, 6.07) is 14.6. The molecule has 0 radical (unpaired) electrons. The zero-order chi connectivity index (χ0) is 19.9. The Morgan fingerprint density at radius 2 is 2.07 bits per heavy atom. The minimum Gasteiger partial charge on any atom is -0.507 e. The normalized spacial score (nSPS) is 12.0. The fraction of sp³-hybridized carbons (Fsp3) is 0.136. The Morgan fingerprint density at radius 1 is 1.29 bits per heavy atom. The Hall–Kier alpha value is -3.67. The van der Waals surface area contributed by atoms with E-state index in [4.69, 9.17) is 4.74 Å². The third kappa shape index (κ3) is 4.35. The second-order valence-corrected chi connectivity index (χ2v) is 6.17. The molecule has 0 bridgehead atoms. The fourth-order valence-electron chi connectivity index (χ4n) is 2.71. The third-order valence-electron chi connectivity index (χ3n) is 4.16. The van der Waals surface area contributed by atoms with Crippen LogP contribution in [0.2, 0.25) is 0 Å². The number of hydrazone groups is 1. The maximum atomic E-state index is 12.3. The zero-order valence-electron chi connectivity index (χ0n) is 15.5. The number of aromatic hydroxyl groups is 1. The summed E-state index contributed by atoms with van der Waals surface area (Å²) in [4.78, 5) is 16.6. The number of benzene rings is 2. The number of carbonyl (C=O) groups is 1. The van der Waals surface area contributed by atoms with Crippen molar-refractivity contribution in [3.63, 3.8) is 0 Å². The number of rotatable bonds is 7. The Kier molecular flexibility index (Phi) is 6.01. The maximum Gasteiger partial charge on any atom is 0.280 e. The molecule has 0 aliphatic carbocycles. The van der Waals surface area contributed by atoms with Gasteiger partial charge in [0.05, 0.1) is 6.21 Å². The minimum absolute atomic E-state index is 0.117. The molecule has 28 heavy (non-hydrogen) atoms. The number of hydrogen-bond acceptors (Lipinski definition) is 5. The van der Waals surface area contributed by atoms with Gasteiger partial charge in [0.15, 0.2) is 6.10 Å². The molecule has 1 atom stereocenters. The van der Waals surface area contributed by atoms with Gasteiger partial charge in [0, 0.05) is 17.1 Å². The van der Waals surface area contributed by atoms with Crippen molar-refractivity contribution in [2.24, 2.45) is 5.10 Å². The summed E-state index contributed by atoms with van der Waals surface area (Å²) in [7, 11) is 0. The van der Waals surface area contributed by atoms with E-state index in [0.29, 0.717) is 23.3 Å². The number of nitrogens with one attached hydrogen (secondary N) is 1. The van der Waals surface area contributed by atoms with Crippen LogP contribution >= 0.6 is 0 Å². The molecule has 2 N–H and O–H groups in total.